The van der Waals surface area contributed by atoms with Crippen LogP contribution in [-0.2, 0) is 0 Å². The van der Waals surface area contributed by atoms with E-state index in [1.807, 2.05) is 60.7 Å². The Balaban J connectivity index is 1.48. The van der Waals surface area contributed by atoms with Gasteiger partial charge in [0.05, 0.1) is 23.3 Å². The highest BCUT2D eigenvalue weighted by Gasteiger charge is 2.16. The van der Waals surface area contributed by atoms with E-state index >= 15 is 0 Å². The summed E-state index contributed by atoms with van der Waals surface area (Å²) in [6, 6.07) is 42.9. The molecule has 0 aliphatic heterocycles. The third kappa shape index (κ3) is 3.53. The maximum Gasteiger partial charge on any atom is 0.135 e. The van der Waals surface area contributed by atoms with Crippen molar-refractivity contribution in [2.45, 2.75) is 0 Å². The molecule has 0 atom stereocenters. The fourth-order valence-electron chi connectivity index (χ4n) is 5.19. The van der Waals surface area contributed by atoms with Gasteiger partial charge in [-0.2, -0.15) is 10.5 Å². The summed E-state index contributed by atoms with van der Waals surface area (Å²) in [4.78, 5) is 2.21. The fourth-order valence-corrected chi connectivity index (χ4v) is 5.19. The highest BCUT2D eigenvalue weighted by atomic mass is 16.3. The Bertz CT molecular complexity index is 2030. The quantitative estimate of drug-likeness (QED) is 0.250. The first-order valence-electron chi connectivity index (χ1n) is 12.3. The maximum atomic E-state index is 9.45. The molecule has 0 unspecified atom stereocenters. The largest absolute Gasteiger partial charge is 0.456 e. The zero-order valence-electron chi connectivity index (χ0n) is 20.2. The number of hydrogen-bond donors (Lipinski definition) is 0. The number of para-hydroxylation sites is 1. The number of furan rings is 1. The first kappa shape index (κ1) is 21.7. The summed E-state index contributed by atoms with van der Waals surface area (Å²) >= 11 is 0. The SMILES string of the molecule is N#Cc1ccc2ccc(N(c3ccc4ccc(C#N)cc4c3)c3ccc4oc5ccccc5c4c3)cc2c1. The number of benzene rings is 6. The molecule has 7 rings (SSSR count). The van der Waals surface area contributed by atoms with Crippen LogP contribution in [0.4, 0.5) is 17.1 Å². The molecular formula is C34H19N3O. The van der Waals surface area contributed by atoms with Gasteiger partial charge in [0.2, 0.25) is 0 Å². The van der Waals surface area contributed by atoms with Crippen molar-refractivity contribution in [1.82, 2.24) is 0 Å². The Morgan fingerprint density at radius 1 is 0.474 bits per heavy atom. The van der Waals surface area contributed by atoms with Gasteiger partial charge in [0.25, 0.3) is 0 Å². The van der Waals surface area contributed by atoms with Crippen LogP contribution in [0.25, 0.3) is 43.5 Å². The zero-order chi connectivity index (χ0) is 25.6. The molecule has 7 aromatic rings. The van der Waals surface area contributed by atoms with Gasteiger partial charge in [-0.25, -0.2) is 0 Å². The maximum absolute atomic E-state index is 9.45. The van der Waals surface area contributed by atoms with Crippen LogP contribution in [0.3, 0.4) is 0 Å². The van der Waals surface area contributed by atoms with Gasteiger partial charge in [-0.05, 0) is 94.3 Å². The second-order valence-corrected chi connectivity index (χ2v) is 9.33. The smallest absolute Gasteiger partial charge is 0.135 e. The van der Waals surface area contributed by atoms with Gasteiger partial charge in [0.1, 0.15) is 11.2 Å². The molecular weight excluding hydrogens is 466 g/mol. The predicted octanol–water partition coefficient (Wildman–Crippen LogP) is 9.11. The molecule has 0 saturated carbocycles. The van der Waals surface area contributed by atoms with Crippen molar-refractivity contribution in [2.75, 3.05) is 4.90 Å². The van der Waals surface area contributed by atoms with E-state index in [4.69, 9.17) is 4.42 Å². The molecule has 0 fully saturated rings. The van der Waals surface area contributed by atoms with Gasteiger partial charge in [0.15, 0.2) is 0 Å². The lowest BCUT2D eigenvalue weighted by Crippen LogP contribution is -2.10. The molecule has 0 spiro atoms. The second-order valence-electron chi connectivity index (χ2n) is 9.33. The Labute approximate surface area is 218 Å². The van der Waals surface area contributed by atoms with Crippen molar-refractivity contribution in [3.8, 4) is 12.1 Å². The number of anilines is 3. The standard InChI is InChI=1S/C34H19N3O/c35-20-22-5-7-24-9-11-28(17-26(24)15-22)37(29-12-10-25-8-6-23(21-36)16-27(25)18-29)30-13-14-34-32(19-30)31-3-1-2-4-33(31)38-34/h1-19H. The molecule has 0 radical (unpaired) electrons. The molecule has 0 N–H and O–H groups in total. The molecule has 0 saturated heterocycles. The van der Waals surface area contributed by atoms with Gasteiger partial charge in [-0.1, -0.05) is 42.5 Å². The molecule has 176 valence electrons. The Morgan fingerprint density at radius 2 is 1.00 bits per heavy atom. The number of rotatable bonds is 3. The third-order valence-corrected chi connectivity index (χ3v) is 7.04. The van der Waals surface area contributed by atoms with Crippen LogP contribution >= 0.6 is 0 Å². The molecule has 0 amide bonds. The lowest BCUT2D eigenvalue weighted by Gasteiger charge is -2.26. The van der Waals surface area contributed by atoms with Gasteiger partial charge in [-0.3, -0.25) is 0 Å². The average Bonchev–Trinajstić information content (AvgIpc) is 3.34. The third-order valence-electron chi connectivity index (χ3n) is 7.04. The van der Waals surface area contributed by atoms with E-state index in [0.29, 0.717) is 11.1 Å². The van der Waals surface area contributed by atoms with Gasteiger partial charge in [0, 0.05) is 27.8 Å². The van der Waals surface area contributed by atoms with Gasteiger partial charge < -0.3 is 9.32 Å². The van der Waals surface area contributed by atoms with Gasteiger partial charge in [-0.15, -0.1) is 0 Å². The number of fused-ring (bicyclic) bond motifs is 5. The van der Waals surface area contributed by atoms with Crippen LogP contribution < -0.4 is 4.90 Å². The van der Waals surface area contributed by atoms with Crippen LogP contribution in [0.15, 0.2) is 120 Å². The summed E-state index contributed by atoms with van der Waals surface area (Å²) in [5.74, 6) is 0. The molecule has 4 nitrogen and oxygen atoms in total. The summed E-state index contributed by atoms with van der Waals surface area (Å²) in [7, 11) is 0. The Morgan fingerprint density at radius 3 is 1.63 bits per heavy atom. The van der Waals surface area contributed by atoms with Crippen molar-refractivity contribution in [2.24, 2.45) is 0 Å². The van der Waals surface area contributed by atoms with Crippen molar-refractivity contribution >= 4 is 60.5 Å². The number of nitriles is 2. The molecule has 38 heavy (non-hydrogen) atoms. The molecule has 0 bridgehead atoms. The minimum absolute atomic E-state index is 0.627. The summed E-state index contributed by atoms with van der Waals surface area (Å²) in [6.45, 7) is 0. The molecule has 1 heterocycles. The van der Waals surface area contributed by atoms with E-state index in [9.17, 15) is 10.5 Å². The summed E-state index contributed by atoms with van der Waals surface area (Å²) in [5.41, 5.74) is 5.87. The number of nitrogens with zero attached hydrogens (tertiary/aromatic N) is 3. The van der Waals surface area contributed by atoms with Crippen LogP contribution in [0.2, 0.25) is 0 Å². The summed E-state index contributed by atoms with van der Waals surface area (Å²) in [5, 5.41) is 25.1. The van der Waals surface area contributed by atoms with E-state index in [0.717, 1.165) is 60.5 Å². The Hall–Kier alpha value is -5.58. The van der Waals surface area contributed by atoms with Crippen LogP contribution in [0.5, 0.6) is 0 Å². The van der Waals surface area contributed by atoms with E-state index in [1.54, 1.807) is 0 Å². The van der Waals surface area contributed by atoms with Crippen LogP contribution in [-0.4, -0.2) is 0 Å². The molecule has 4 heteroatoms. The van der Waals surface area contributed by atoms with E-state index in [1.165, 1.54) is 0 Å². The molecule has 0 aliphatic rings. The van der Waals surface area contributed by atoms with E-state index in [-0.39, 0.29) is 0 Å². The second kappa shape index (κ2) is 8.52. The fraction of sp³-hybridized carbons (Fsp3) is 0. The van der Waals surface area contributed by atoms with Crippen LogP contribution in [0, 0.1) is 22.7 Å². The molecule has 6 aromatic carbocycles. The van der Waals surface area contributed by atoms with Crippen molar-refractivity contribution in [3.05, 3.63) is 126 Å². The zero-order valence-corrected chi connectivity index (χ0v) is 20.2. The topological polar surface area (TPSA) is 64.0 Å². The number of hydrogen-bond acceptors (Lipinski definition) is 4. The molecule has 0 aliphatic carbocycles. The normalized spacial score (nSPS) is 11.1. The highest BCUT2D eigenvalue weighted by Crippen LogP contribution is 2.40. The summed E-state index contributed by atoms with van der Waals surface area (Å²) in [6.07, 6.45) is 0. The minimum atomic E-state index is 0.627. The predicted molar refractivity (Wildman–Crippen MR) is 153 cm³/mol. The first-order chi connectivity index (χ1) is 18.7. The van der Waals surface area contributed by atoms with Crippen molar-refractivity contribution in [3.63, 3.8) is 0 Å². The van der Waals surface area contributed by atoms with Crippen molar-refractivity contribution in [1.29, 1.82) is 10.5 Å². The Kier molecular flexibility index (Phi) is 4.86. The summed E-state index contributed by atoms with van der Waals surface area (Å²) < 4.78 is 6.09. The lowest BCUT2D eigenvalue weighted by atomic mass is 10.0. The molecule has 1 aromatic heterocycles. The minimum Gasteiger partial charge on any atom is -0.456 e. The van der Waals surface area contributed by atoms with Crippen molar-refractivity contribution < 1.29 is 4.42 Å². The highest BCUT2D eigenvalue weighted by molar-refractivity contribution is 6.07. The van der Waals surface area contributed by atoms with Gasteiger partial charge >= 0.3 is 0 Å². The van der Waals surface area contributed by atoms with Crippen LogP contribution in [0.1, 0.15) is 11.1 Å². The lowest BCUT2D eigenvalue weighted by molar-refractivity contribution is 0.669. The first-order valence-corrected chi connectivity index (χ1v) is 12.3. The average molecular weight is 486 g/mol. The van der Waals surface area contributed by atoms with E-state index < -0.39 is 0 Å². The van der Waals surface area contributed by atoms with E-state index in [2.05, 4.69) is 71.6 Å². The monoisotopic (exact) mass is 485 g/mol.